The van der Waals surface area contributed by atoms with Gasteiger partial charge in [-0.15, -0.1) is 0 Å². The van der Waals surface area contributed by atoms with Crippen LogP contribution in [0.25, 0.3) is 0 Å². The number of hydrogen-bond acceptors (Lipinski definition) is 4. The third-order valence-corrected chi connectivity index (χ3v) is 0.208. The zero-order valence-electron chi connectivity index (χ0n) is 3.67. The van der Waals surface area contributed by atoms with Gasteiger partial charge in [0.2, 0.25) is 0 Å². The Morgan fingerprint density at radius 1 is 1.57 bits per heavy atom. The van der Waals surface area contributed by atoms with Crippen LogP contribution in [0.5, 0.6) is 0 Å². The quantitative estimate of drug-likeness (QED) is 0.237. The Morgan fingerprint density at radius 2 is 2.29 bits per heavy atom. The van der Waals surface area contributed by atoms with Crippen LogP contribution in [0.3, 0.4) is 0 Å². The molecule has 1 N–H and O–H groups in total. The second-order valence-corrected chi connectivity index (χ2v) is 0.578. The summed E-state index contributed by atoms with van der Waals surface area (Å²) in [6, 6.07) is 0. The molecular weight excluding hydrogens is 100 g/mol. The first-order chi connectivity index (χ1) is 3.41. The van der Waals surface area contributed by atoms with E-state index in [1.165, 1.54) is 0 Å². The van der Waals surface area contributed by atoms with Gasteiger partial charge in [-0.25, -0.2) is 5.26 Å². The highest BCUT2D eigenvalue weighted by Gasteiger charge is 1.71. The Kier molecular flexibility index (Phi) is 4.67. The summed E-state index contributed by atoms with van der Waals surface area (Å²) in [5, 5.41) is 13.9. The maximum Gasteiger partial charge on any atom is 0.160 e. The Hall–Kier alpha value is -0.760. The fourth-order valence-electron chi connectivity index (χ4n) is 0.0739. The van der Waals surface area contributed by atoms with E-state index >= 15 is 0 Å². The first kappa shape index (κ1) is 6.24. The van der Waals surface area contributed by atoms with E-state index in [0.717, 1.165) is 0 Å². The van der Waals surface area contributed by atoms with Crippen molar-refractivity contribution >= 4 is 0 Å². The minimum atomic E-state index is 1.54. The molecule has 0 aliphatic carbocycles. The van der Waals surface area contributed by atoms with Crippen molar-refractivity contribution in [3.63, 3.8) is 0 Å². The Labute approximate surface area is 40.4 Å². The van der Waals surface area contributed by atoms with Crippen LogP contribution in [0.4, 0.5) is 0 Å². The molecular formula is C3H4O4. The van der Waals surface area contributed by atoms with Gasteiger partial charge in [-0.2, -0.15) is 0 Å². The van der Waals surface area contributed by atoms with E-state index in [9.17, 15) is 0 Å². The molecule has 0 saturated heterocycles. The minimum Gasteiger partial charge on any atom is -0.250 e. The monoisotopic (exact) mass is 104 g/mol. The van der Waals surface area contributed by atoms with Crippen LogP contribution in [0.15, 0.2) is 0 Å². The van der Waals surface area contributed by atoms with Crippen LogP contribution in [0.2, 0.25) is 0 Å². The highest BCUT2D eigenvalue weighted by atomic mass is 17.6. The Balaban J connectivity index is 2.78. The van der Waals surface area contributed by atoms with Gasteiger partial charge in [0.05, 0.1) is 0 Å². The SMILES string of the molecule is CC#COOOO. The minimum absolute atomic E-state index is 1.54. The lowest BCUT2D eigenvalue weighted by Gasteiger charge is -1.83. The van der Waals surface area contributed by atoms with Gasteiger partial charge < -0.3 is 0 Å². The summed E-state index contributed by atoms with van der Waals surface area (Å²) < 4.78 is 0. The van der Waals surface area contributed by atoms with Gasteiger partial charge in [0.25, 0.3) is 0 Å². The molecule has 0 fully saturated rings. The highest BCUT2D eigenvalue weighted by molar-refractivity contribution is 4.83. The van der Waals surface area contributed by atoms with E-state index in [1.54, 1.807) is 6.92 Å². The fourth-order valence-corrected chi connectivity index (χ4v) is 0.0739. The first-order valence-corrected chi connectivity index (χ1v) is 1.47. The molecule has 0 aromatic carbocycles. The van der Waals surface area contributed by atoms with E-state index in [1.807, 2.05) is 6.11 Å². The Bertz CT molecular complexity index is 78.7. The average molecular weight is 104 g/mol. The molecule has 4 nitrogen and oxygen atoms in total. The molecule has 0 atom stereocenters. The zero-order chi connectivity index (χ0) is 5.54. The van der Waals surface area contributed by atoms with E-state index in [4.69, 9.17) is 5.26 Å². The van der Waals surface area contributed by atoms with Gasteiger partial charge in [-0.1, -0.05) is 5.92 Å². The smallest absolute Gasteiger partial charge is 0.160 e. The molecule has 0 aliphatic heterocycles. The van der Waals surface area contributed by atoms with E-state index in [0.29, 0.717) is 0 Å². The molecule has 0 aromatic heterocycles. The summed E-state index contributed by atoms with van der Waals surface area (Å²) in [5.41, 5.74) is 0. The average Bonchev–Trinajstić information content (AvgIpc) is 1.69. The number of rotatable bonds is 2. The van der Waals surface area contributed by atoms with Gasteiger partial charge in [0, 0.05) is 12.0 Å². The maximum atomic E-state index is 7.38. The maximum absolute atomic E-state index is 7.38. The molecule has 0 unspecified atom stereocenters. The largest absolute Gasteiger partial charge is 0.250 e. The van der Waals surface area contributed by atoms with Crippen LogP contribution in [0, 0.1) is 12.0 Å². The summed E-state index contributed by atoms with van der Waals surface area (Å²) in [4.78, 5) is 3.80. The topological polar surface area (TPSA) is 47.9 Å². The van der Waals surface area contributed by atoms with Crippen LogP contribution in [-0.2, 0) is 15.0 Å². The third-order valence-electron chi connectivity index (χ3n) is 0.208. The third kappa shape index (κ3) is 5.24. The molecule has 0 aliphatic rings. The highest BCUT2D eigenvalue weighted by Crippen LogP contribution is 1.70. The molecule has 0 aromatic rings. The van der Waals surface area contributed by atoms with Crippen molar-refractivity contribution in [3.8, 4) is 12.0 Å². The van der Waals surface area contributed by atoms with Crippen molar-refractivity contribution < 1.29 is 20.2 Å². The van der Waals surface area contributed by atoms with Gasteiger partial charge in [0.1, 0.15) is 0 Å². The summed E-state index contributed by atoms with van der Waals surface area (Å²) >= 11 is 0. The second kappa shape index (κ2) is 5.24. The van der Waals surface area contributed by atoms with Crippen molar-refractivity contribution in [2.24, 2.45) is 0 Å². The summed E-state index contributed by atoms with van der Waals surface area (Å²) in [6.45, 7) is 1.54. The lowest BCUT2D eigenvalue weighted by molar-refractivity contribution is -0.605. The second-order valence-electron chi connectivity index (χ2n) is 0.578. The van der Waals surface area contributed by atoms with Crippen LogP contribution < -0.4 is 0 Å². The Morgan fingerprint density at radius 3 is 2.71 bits per heavy atom. The molecule has 0 spiro atoms. The summed E-state index contributed by atoms with van der Waals surface area (Å²) in [6.07, 6.45) is 1.99. The van der Waals surface area contributed by atoms with Crippen LogP contribution in [0.1, 0.15) is 6.92 Å². The number of hydrogen-bond donors (Lipinski definition) is 1. The van der Waals surface area contributed by atoms with Crippen LogP contribution in [-0.4, -0.2) is 5.26 Å². The fraction of sp³-hybridized carbons (Fsp3) is 0.333. The van der Waals surface area contributed by atoms with Gasteiger partial charge in [0.15, 0.2) is 6.11 Å². The van der Waals surface area contributed by atoms with Crippen molar-refractivity contribution in [1.29, 1.82) is 0 Å². The van der Waals surface area contributed by atoms with Crippen molar-refractivity contribution in [1.82, 2.24) is 0 Å². The molecule has 7 heavy (non-hydrogen) atoms. The van der Waals surface area contributed by atoms with Gasteiger partial charge in [-0.05, 0) is 5.04 Å². The molecule has 4 heteroatoms. The summed E-state index contributed by atoms with van der Waals surface area (Å²) in [7, 11) is 0. The molecule has 0 bridgehead atoms. The predicted octanol–water partition coefficient (Wildman–Crippen LogP) is 0.320. The van der Waals surface area contributed by atoms with E-state index in [2.05, 4.69) is 20.9 Å². The predicted molar refractivity (Wildman–Crippen MR) is 19.3 cm³/mol. The zero-order valence-corrected chi connectivity index (χ0v) is 3.67. The lowest BCUT2D eigenvalue weighted by Crippen LogP contribution is -1.84. The van der Waals surface area contributed by atoms with Gasteiger partial charge in [-0.3, -0.25) is 4.89 Å². The lowest BCUT2D eigenvalue weighted by atomic mass is 10.8. The van der Waals surface area contributed by atoms with Crippen molar-refractivity contribution in [3.05, 3.63) is 0 Å². The molecule has 0 saturated carbocycles. The van der Waals surface area contributed by atoms with E-state index < -0.39 is 0 Å². The molecule has 0 amide bonds. The van der Waals surface area contributed by atoms with Crippen LogP contribution >= 0.6 is 0 Å². The molecule has 0 rings (SSSR count). The molecule has 0 heterocycles. The van der Waals surface area contributed by atoms with E-state index in [-0.39, 0.29) is 0 Å². The van der Waals surface area contributed by atoms with Crippen molar-refractivity contribution in [2.75, 3.05) is 0 Å². The summed E-state index contributed by atoms with van der Waals surface area (Å²) in [5.74, 6) is 2.31. The normalized spacial score (nSPS) is 6.57. The molecule has 40 valence electrons. The standard InChI is InChI=1S/C3H4O4/c1-2-3-5-7-6-4/h4H,1H3. The van der Waals surface area contributed by atoms with Gasteiger partial charge >= 0.3 is 0 Å². The first-order valence-electron chi connectivity index (χ1n) is 1.47. The van der Waals surface area contributed by atoms with Crippen molar-refractivity contribution in [2.45, 2.75) is 6.92 Å². The molecule has 0 radical (unpaired) electrons.